The van der Waals surface area contributed by atoms with Gasteiger partial charge in [0.1, 0.15) is 5.75 Å². The first kappa shape index (κ1) is 16.8. The molecule has 0 saturated carbocycles. The summed E-state index contributed by atoms with van der Waals surface area (Å²) in [4.78, 5) is 14.3. The van der Waals surface area contributed by atoms with Gasteiger partial charge in [-0.3, -0.25) is 4.79 Å². The van der Waals surface area contributed by atoms with E-state index in [0.717, 1.165) is 30.9 Å². The van der Waals surface area contributed by atoms with Crippen LogP contribution in [0.2, 0.25) is 0 Å². The zero-order valence-corrected chi connectivity index (χ0v) is 13.1. The third-order valence-electron chi connectivity index (χ3n) is 3.43. The Kier molecular flexibility index (Phi) is 6.30. The maximum atomic E-state index is 12.4. The zero-order valence-electron chi connectivity index (χ0n) is 12.3. The summed E-state index contributed by atoms with van der Waals surface area (Å²) in [6.45, 7) is 8.35. The molecule has 2 atom stereocenters. The molecule has 1 aliphatic rings. The number of piperazine rings is 1. The van der Waals surface area contributed by atoms with Crippen molar-refractivity contribution in [3.63, 3.8) is 0 Å². The number of amides is 1. The van der Waals surface area contributed by atoms with Crippen LogP contribution in [-0.2, 0) is 4.79 Å². The molecule has 1 heterocycles. The molecule has 1 unspecified atom stereocenters. The molecule has 1 aromatic carbocycles. The number of rotatable bonds is 3. The van der Waals surface area contributed by atoms with E-state index in [2.05, 4.69) is 12.2 Å². The minimum absolute atomic E-state index is 0. The van der Waals surface area contributed by atoms with Gasteiger partial charge in [0.05, 0.1) is 0 Å². The van der Waals surface area contributed by atoms with Crippen molar-refractivity contribution in [3.8, 4) is 5.75 Å². The van der Waals surface area contributed by atoms with Crippen LogP contribution in [0.1, 0.15) is 19.4 Å². The molecule has 4 nitrogen and oxygen atoms in total. The highest BCUT2D eigenvalue weighted by atomic mass is 35.5. The van der Waals surface area contributed by atoms with E-state index in [-0.39, 0.29) is 24.4 Å². The SMILES string of the molecule is Cc1cccc(OC(C)C(=O)N2CCNC[C@H]2C)c1.Cl. The average molecular weight is 299 g/mol. The standard InChI is InChI=1S/C15H22N2O2.ClH/c1-11-5-4-6-14(9-11)19-13(3)15(18)17-8-7-16-10-12(17)2;/h4-6,9,12-13,16H,7-8,10H2,1-3H3;1H/t12-,13?;/m1./s1. The predicted octanol–water partition coefficient (Wildman–Crippen LogP) is 2.00. The monoisotopic (exact) mass is 298 g/mol. The van der Waals surface area contributed by atoms with Crippen LogP contribution >= 0.6 is 12.4 Å². The Morgan fingerprint density at radius 3 is 2.90 bits per heavy atom. The minimum atomic E-state index is -0.442. The van der Waals surface area contributed by atoms with Crippen molar-refractivity contribution in [2.75, 3.05) is 19.6 Å². The van der Waals surface area contributed by atoms with E-state index in [1.165, 1.54) is 0 Å². The van der Waals surface area contributed by atoms with E-state index in [9.17, 15) is 4.79 Å². The highest BCUT2D eigenvalue weighted by Crippen LogP contribution is 2.16. The quantitative estimate of drug-likeness (QED) is 0.928. The Balaban J connectivity index is 0.00000200. The van der Waals surface area contributed by atoms with Crippen molar-refractivity contribution in [3.05, 3.63) is 29.8 Å². The third kappa shape index (κ3) is 4.12. The van der Waals surface area contributed by atoms with E-state index in [4.69, 9.17) is 4.74 Å². The molecular weight excluding hydrogens is 276 g/mol. The van der Waals surface area contributed by atoms with Crippen LogP contribution in [0.3, 0.4) is 0 Å². The number of benzene rings is 1. The second-order valence-corrected chi connectivity index (χ2v) is 5.16. The smallest absolute Gasteiger partial charge is 0.263 e. The van der Waals surface area contributed by atoms with Crippen LogP contribution in [-0.4, -0.2) is 42.6 Å². The van der Waals surface area contributed by atoms with Gasteiger partial charge in [-0.2, -0.15) is 0 Å². The molecule has 20 heavy (non-hydrogen) atoms. The van der Waals surface area contributed by atoms with E-state index >= 15 is 0 Å². The molecule has 0 bridgehead atoms. The molecular formula is C15H23ClN2O2. The van der Waals surface area contributed by atoms with Crippen LogP contribution in [0, 0.1) is 6.92 Å². The molecule has 5 heteroatoms. The number of halogens is 1. The van der Waals surface area contributed by atoms with Crippen LogP contribution in [0.4, 0.5) is 0 Å². The highest BCUT2D eigenvalue weighted by molar-refractivity contribution is 5.85. The van der Waals surface area contributed by atoms with E-state index < -0.39 is 6.10 Å². The lowest BCUT2D eigenvalue weighted by Crippen LogP contribution is -2.55. The predicted molar refractivity (Wildman–Crippen MR) is 82.6 cm³/mol. The number of aryl methyl sites for hydroxylation is 1. The van der Waals surface area contributed by atoms with Crippen LogP contribution < -0.4 is 10.1 Å². The van der Waals surface area contributed by atoms with Gasteiger partial charge in [0, 0.05) is 25.7 Å². The molecule has 1 N–H and O–H groups in total. The lowest BCUT2D eigenvalue weighted by atomic mass is 10.2. The molecule has 1 aromatic rings. The fourth-order valence-electron chi connectivity index (χ4n) is 2.35. The van der Waals surface area contributed by atoms with Gasteiger partial charge in [-0.05, 0) is 38.5 Å². The van der Waals surface area contributed by atoms with Crippen molar-refractivity contribution < 1.29 is 9.53 Å². The number of ether oxygens (including phenoxy) is 1. The number of hydrogen-bond donors (Lipinski definition) is 1. The number of hydrogen-bond acceptors (Lipinski definition) is 3. The van der Waals surface area contributed by atoms with Crippen molar-refractivity contribution in [2.45, 2.75) is 32.9 Å². The van der Waals surface area contributed by atoms with Gasteiger partial charge in [-0.1, -0.05) is 12.1 Å². The molecule has 1 fully saturated rings. The van der Waals surface area contributed by atoms with Crippen molar-refractivity contribution in [2.24, 2.45) is 0 Å². The number of nitrogens with zero attached hydrogens (tertiary/aromatic N) is 1. The Morgan fingerprint density at radius 1 is 1.50 bits per heavy atom. The highest BCUT2D eigenvalue weighted by Gasteiger charge is 2.27. The minimum Gasteiger partial charge on any atom is -0.481 e. The summed E-state index contributed by atoms with van der Waals surface area (Å²) in [6, 6.07) is 8.01. The van der Waals surface area contributed by atoms with Crippen LogP contribution in [0.15, 0.2) is 24.3 Å². The first-order valence-electron chi connectivity index (χ1n) is 6.82. The summed E-state index contributed by atoms with van der Waals surface area (Å²) in [5.41, 5.74) is 1.13. The fourth-order valence-corrected chi connectivity index (χ4v) is 2.35. The van der Waals surface area contributed by atoms with E-state index in [1.54, 1.807) is 0 Å². The van der Waals surface area contributed by atoms with E-state index in [1.807, 2.05) is 43.0 Å². The molecule has 1 amide bonds. The van der Waals surface area contributed by atoms with Crippen molar-refractivity contribution in [1.29, 1.82) is 0 Å². The topological polar surface area (TPSA) is 41.6 Å². The molecule has 1 aliphatic heterocycles. The molecule has 0 aliphatic carbocycles. The van der Waals surface area contributed by atoms with Gasteiger partial charge in [0.2, 0.25) is 0 Å². The lowest BCUT2D eigenvalue weighted by Gasteiger charge is -2.35. The van der Waals surface area contributed by atoms with Crippen LogP contribution in [0.5, 0.6) is 5.75 Å². The summed E-state index contributed by atoms with van der Waals surface area (Å²) in [5.74, 6) is 0.819. The zero-order chi connectivity index (χ0) is 13.8. The molecule has 0 aromatic heterocycles. The lowest BCUT2D eigenvalue weighted by molar-refractivity contribution is -0.140. The van der Waals surface area contributed by atoms with Gasteiger partial charge < -0.3 is 15.0 Å². The maximum Gasteiger partial charge on any atom is 0.263 e. The second-order valence-electron chi connectivity index (χ2n) is 5.16. The normalized spacial score (nSPS) is 19.9. The van der Waals surface area contributed by atoms with Gasteiger partial charge in [0.25, 0.3) is 5.91 Å². The van der Waals surface area contributed by atoms with Gasteiger partial charge in [0.15, 0.2) is 6.10 Å². The van der Waals surface area contributed by atoms with Gasteiger partial charge in [-0.15, -0.1) is 12.4 Å². The largest absolute Gasteiger partial charge is 0.481 e. The Morgan fingerprint density at radius 2 is 2.25 bits per heavy atom. The average Bonchev–Trinajstić information content (AvgIpc) is 2.38. The summed E-state index contributed by atoms with van der Waals surface area (Å²) < 4.78 is 5.75. The first-order chi connectivity index (χ1) is 9.08. The Hall–Kier alpha value is -1.26. The molecule has 0 spiro atoms. The summed E-state index contributed by atoms with van der Waals surface area (Å²) in [7, 11) is 0. The maximum absolute atomic E-state index is 12.4. The Labute approximate surface area is 126 Å². The summed E-state index contributed by atoms with van der Waals surface area (Å²) >= 11 is 0. The van der Waals surface area contributed by atoms with Gasteiger partial charge in [-0.25, -0.2) is 0 Å². The first-order valence-corrected chi connectivity index (χ1v) is 6.82. The molecule has 1 saturated heterocycles. The number of nitrogens with one attached hydrogen (secondary N) is 1. The van der Waals surface area contributed by atoms with Gasteiger partial charge >= 0.3 is 0 Å². The summed E-state index contributed by atoms with van der Waals surface area (Å²) in [5, 5.41) is 3.28. The van der Waals surface area contributed by atoms with Crippen LogP contribution in [0.25, 0.3) is 0 Å². The number of carbonyl (C=O) groups is 1. The molecule has 2 rings (SSSR count). The van der Waals surface area contributed by atoms with Crippen molar-refractivity contribution in [1.82, 2.24) is 10.2 Å². The summed E-state index contributed by atoms with van der Waals surface area (Å²) in [6.07, 6.45) is -0.442. The van der Waals surface area contributed by atoms with Crippen molar-refractivity contribution >= 4 is 18.3 Å². The fraction of sp³-hybridized carbons (Fsp3) is 0.533. The Bertz CT molecular complexity index is 453. The third-order valence-corrected chi connectivity index (χ3v) is 3.43. The van der Waals surface area contributed by atoms with E-state index in [0.29, 0.717) is 0 Å². The second kappa shape index (κ2) is 7.50. The number of carbonyl (C=O) groups excluding carboxylic acids is 1. The molecule has 112 valence electrons. The molecule has 0 radical (unpaired) electrons.